The van der Waals surface area contributed by atoms with E-state index in [1.54, 1.807) is 6.92 Å². The molecule has 0 saturated heterocycles. The van der Waals surface area contributed by atoms with E-state index in [0.29, 0.717) is 11.8 Å². The SMILES string of the molecule is CC(CCBr)CCOC(C(F)(F)F)C(F)(F)F. The van der Waals surface area contributed by atoms with Crippen molar-refractivity contribution in [3.05, 3.63) is 0 Å². The maximum atomic E-state index is 12.0. The summed E-state index contributed by atoms with van der Waals surface area (Å²) in [6, 6.07) is 0. The van der Waals surface area contributed by atoms with Gasteiger partial charge in [-0.25, -0.2) is 0 Å². The van der Waals surface area contributed by atoms with Gasteiger partial charge >= 0.3 is 12.4 Å². The Hall–Kier alpha value is 0.0200. The van der Waals surface area contributed by atoms with Crippen LogP contribution in [-0.4, -0.2) is 30.4 Å². The van der Waals surface area contributed by atoms with Crippen molar-refractivity contribution < 1.29 is 31.1 Å². The zero-order valence-electron chi connectivity index (χ0n) is 9.04. The second kappa shape index (κ2) is 6.82. The molecular weight excluding hydrogens is 318 g/mol. The number of rotatable bonds is 6. The first kappa shape index (κ1) is 17.0. The second-order valence-electron chi connectivity index (χ2n) is 3.71. The van der Waals surface area contributed by atoms with Crippen LogP contribution in [0.1, 0.15) is 19.8 Å². The summed E-state index contributed by atoms with van der Waals surface area (Å²) in [5, 5.41) is 0.649. The molecule has 0 heterocycles. The number of halogens is 7. The molecule has 1 unspecified atom stereocenters. The predicted molar refractivity (Wildman–Crippen MR) is 54.0 cm³/mol. The van der Waals surface area contributed by atoms with Crippen LogP contribution in [0.4, 0.5) is 26.3 Å². The van der Waals surface area contributed by atoms with Crippen LogP contribution < -0.4 is 0 Å². The lowest BCUT2D eigenvalue weighted by Crippen LogP contribution is -2.44. The predicted octanol–water partition coefficient (Wildman–Crippen LogP) is 4.31. The van der Waals surface area contributed by atoms with E-state index in [4.69, 9.17) is 0 Å². The minimum absolute atomic E-state index is 0.0106. The van der Waals surface area contributed by atoms with Gasteiger partial charge in [-0.05, 0) is 18.8 Å². The zero-order chi connectivity index (χ0) is 13.7. The molecule has 104 valence electrons. The lowest BCUT2D eigenvalue weighted by Gasteiger charge is -2.23. The molecule has 17 heavy (non-hydrogen) atoms. The standard InChI is InChI=1S/C9H13BrF6O/c1-6(2-4-10)3-5-17-7(8(11,12)13)9(14,15)16/h6-7H,2-5H2,1H3. The van der Waals surface area contributed by atoms with Crippen molar-refractivity contribution in [1.82, 2.24) is 0 Å². The molecule has 8 heteroatoms. The van der Waals surface area contributed by atoms with Crippen LogP contribution in [-0.2, 0) is 4.74 Å². The van der Waals surface area contributed by atoms with Crippen molar-refractivity contribution in [3.8, 4) is 0 Å². The zero-order valence-corrected chi connectivity index (χ0v) is 10.6. The molecule has 1 nitrogen and oxygen atoms in total. The summed E-state index contributed by atoms with van der Waals surface area (Å²) in [4.78, 5) is 0. The summed E-state index contributed by atoms with van der Waals surface area (Å²) in [7, 11) is 0. The Bertz CT molecular complexity index is 201. The van der Waals surface area contributed by atoms with Crippen molar-refractivity contribution in [2.45, 2.75) is 38.2 Å². The van der Waals surface area contributed by atoms with Gasteiger partial charge in [0.2, 0.25) is 6.10 Å². The Labute approximate surface area is 104 Å². The topological polar surface area (TPSA) is 9.23 Å². The molecule has 1 atom stereocenters. The summed E-state index contributed by atoms with van der Waals surface area (Å²) in [5.41, 5.74) is 0. The minimum Gasteiger partial charge on any atom is -0.361 e. The highest BCUT2D eigenvalue weighted by Crippen LogP contribution is 2.35. The molecule has 0 spiro atoms. The third kappa shape index (κ3) is 7.13. The molecule has 0 aliphatic heterocycles. The van der Waals surface area contributed by atoms with Gasteiger partial charge in [0.15, 0.2) is 0 Å². The van der Waals surface area contributed by atoms with Crippen molar-refractivity contribution in [1.29, 1.82) is 0 Å². The van der Waals surface area contributed by atoms with Crippen LogP contribution in [0.2, 0.25) is 0 Å². The van der Waals surface area contributed by atoms with Crippen molar-refractivity contribution >= 4 is 15.9 Å². The van der Waals surface area contributed by atoms with Crippen LogP contribution in [0.5, 0.6) is 0 Å². The quantitative estimate of drug-likeness (QED) is 0.521. The molecule has 0 N–H and O–H groups in total. The van der Waals surface area contributed by atoms with Crippen LogP contribution in [0.15, 0.2) is 0 Å². The van der Waals surface area contributed by atoms with E-state index in [9.17, 15) is 26.3 Å². The minimum atomic E-state index is -5.42. The molecule has 0 bridgehead atoms. The molecule has 0 aliphatic rings. The smallest absolute Gasteiger partial charge is 0.361 e. The highest BCUT2D eigenvalue weighted by atomic mass is 79.9. The Kier molecular flexibility index (Phi) is 6.83. The summed E-state index contributed by atoms with van der Waals surface area (Å²) in [5.74, 6) is 0.0106. The number of hydrogen-bond acceptors (Lipinski definition) is 1. The van der Waals surface area contributed by atoms with Crippen molar-refractivity contribution in [2.24, 2.45) is 5.92 Å². The molecule has 0 fully saturated rings. The summed E-state index contributed by atoms with van der Waals surface area (Å²) in [6.07, 6.45) is -13.7. The number of hydrogen-bond donors (Lipinski definition) is 0. The van der Waals surface area contributed by atoms with E-state index in [2.05, 4.69) is 20.7 Å². The van der Waals surface area contributed by atoms with Crippen molar-refractivity contribution in [3.63, 3.8) is 0 Å². The Morgan fingerprint density at radius 3 is 1.82 bits per heavy atom. The molecule has 0 aromatic heterocycles. The van der Waals surface area contributed by atoms with E-state index in [0.717, 1.165) is 0 Å². The van der Waals surface area contributed by atoms with Gasteiger partial charge in [0, 0.05) is 11.9 Å². The van der Waals surface area contributed by atoms with Gasteiger partial charge in [-0.3, -0.25) is 0 Å². The fourth-order valence-corrected chi connectivity index (χ4v) is 1.87. The van der Waals surface area contributed by atoms with E-state index >= 15 is 0 Å². The van der Waals surface area contributed by atoms with Gasteiger partial charge < -0.3 is 4.74 Å². The Balaban J connectivity index is 4.21. The molecule has 0 amide bonds. The molecule has 0 saturated carbocycles. The lowest BCUT2D eigenvalue weighted by atomic mass is 10.1. The fraction of sp³-hybridized carbons (Fsp3) is 1.00. The van der Waals surface area contributed by atoms with Gasteiger partial charge in [0.05, 0.1) is 0 Å². The summed E-state index contributed by atoms with van der Waals surface area (Å²) >= 11 is 3.13. The first-order valence-electron chi connectivity index (χ1n) is 4.90. The van der Waals surface area contributed by atoms with Gasteiger partial charge in [-0.1, -0.05) is 22.9 Å². The van der Waals surface area contributed by atoms with Gasteiger partial charge in [0.25, 0.3) is 0 Å². The first-order chi connectivity index (χ1) is 7.59. The van der Waals surface area contributed by atoms with E-state index in [-0.39, 0.29) is 12.3 Å². The molecule has 0 aromatic carbocycles. The highest BCUT2D eigenvalue weighted by Gasteiger charge is 2.57. The molecule has 0 radical (unpaired) electrons. The van der Waals surface area contributed by atoms with Gasteiger partial charge in [0.1, 0.15) is 0 Å². The molecule has 0 aromatic rings. The molecular formula is C9H13BrF6O. The highest BCUT2D eigenvalue weighted by molar-refractivity contribution is 9.09. The van der Waals surface area contributed by atoms with Crippen LogP contribution in [0, 0.1) is 5.92 Å². The van der Waals surface area contributed by atoms with Crippen LogP contribution >= 0.6 is 15.9 Å². The largest absolute Gasteiger partial charge is 0.423 e. The lowest BCUT2D eigenvalue weighted by molar-refractivity contribution is -0.322. The molecule has 0 rings (SSSR count). The second-order valence-corrected chi connectivity index (χ2v) is 4.50. The third-order valence-electron chi connectivity index (χ3n) is 2.09. The Morgan fingerprint density at radius 1 is 1.00 bits per heavy atom. The third-order valence-corrected chi connectivity index (χ3v) is 2.55. The Morgan fingerprint density at radius 2 is 1.47 bits per heavy atom. The summed E-state index contributed by atoms with van der Waals surface area (Å²) < 4.78 is 76.1. The first-order valence-corrected chi connectivity index (χ1v) is 6.02. The fourth-order valence-electron chi connectivity index (χ4n) is 1.09. The van der Waals surface area contributed by atoms with E-state index in [1.165, 1.54) is 0 Å². The molecule has 0 aliphatic carbocycles. The normalized spacial score (nSPS) is 15.4. The average molecular weight is 331 g/mol. The maximum Gasteiger partial charge on any atom is 0.423 e. The van der Waals surface area contributed by atoms with E-state index in [1.807, 2.05) is 0 Å². The number of ether oxygens (including phenoxy) is 1. The summed E-state index contributed by atoms with van der Waals surface area (Å²) in [6.45, 7) is 1.18. The van der Waals surface area contributed by atoms with E-state index < -0.39 is 25.1 Å². The van der Waals surface area contributed by atoms with Crippen LogP contribution in [0.25, 0.3) is 0 Å². The van der Waals surface area contributed by atoms with Crippen LogP contribution in [0.3, 0.4) is 0 Å². The van der Waals surface area contributed by atoms with Gasteiger partial charge in [-0.2, -0.15) is 26.3 Å². The monoisotopic (exact) mass is 330 g/mol. The van der Waals surface area contributed by atoms with Gasteiger partial charge in [-0.15, -0.1) is 0 Å². The maximum absolute atomic E-state index is 12.0. The number of alkyl halides is 7. The average Bonchev–Trinajstić information content (AvgIpc) is 2.08. The van der Waals surface area contributed by atoms with Crippen molar-refractivity contribution in [2.75, 3.05) is 11.9 Å².